The summed E-state index contributed by atoms with van der Waals surface area (Å²) in [6.07, 6.45) is 0. The minimum absolute atomic E-state index is 0.0567. The molecule has 0 aliphatic rings. The summed E-state index contributed by atoms with van der Waals surface area (Å²) in [5, 5.41) is 11.5. The van der Waals surface area contributed by atoms with Crippen LogP contribution < -0.4 is 5.32 Å². The zero-order valence-corrected chi connectivity index (χ0v) is 11.6. The van der Waals surface area contributed by atoms with Gasteiger partial charge in [-0.3, -0.25) is 9.69 Å². The van der Waals surface area contributed by atoms with Gasteiger partial charge in [0.25, 0.3) is 0 Å². The van der Waals surface area contributed by atoms with Gasteiger partial charge in [-0.25, -0.2) is 0 Å². The van der Waals surface area contributed by atoms with Crippen LogP contribution in [-0.4, -0.2) is 42.7 Å². The molecule has 4 nitrogen and oxygen atoms in total. The fraction of sp³-hybridized carbons (Fsp3) is 0.417. The number of carbonyl (C=O) groups excluding carboxylic acids is 1. The lowest BCUT2D eigenvalue weighted by molar-refractivity contribution is -0.117. The van der Waals surface area contributed by atoms with Gasteiger partial charge in [-0.1, -0.05) is 15.9 Å². The van der Waals surface area contributed by atoms with Gasteiger partial charge in [-0.05, 0) is 37.7 Å². The number of benzene rings is 1. The van der Waals surface area contributed by atoms with Crippen molar-refractivity contribution in [1.82, 2.24) is 4.90 Å². The van der Waals surface area contributed by atoms with Crippen LogP contribution in [0.4, 0.5) is 5.69 Å². The molecule has 0 saturated heterocycles. The number of aliphatic hydroxyl groups is 1. The molecule has 1 aromatic carbocycles. The number of anilines is 1. The molecule has 0 aromatic heterocycles. The first-order valence-corrected chi connectivity index (χ1v) is 6.17. The molecule has 1 aromatic rings. The summed E-state index contributed by atoms with van der Waals surface area (Å²) >= 11 is 3.41. The largest absolute Gasteiger partial charge is 0.395 e. The fourth-order valence-corrected chi connectivity index (χ4v) is 1.66. The van der Waals surface area contributed by atoms with E-state index in [9.17, 15) is 4.79 Å². The van der Waals surface area contributed by atoms with E-state index in [2.05, 4.69) is 21.2 Å². The Balaban J connectivity index is 2.53. The molecular formula is C12H17BrN2O2. The number of aryl methyl sites for hydroxylation is 1. The van der Waals surface area contributed by atoms with Crippen LogP contribution >= 0.6 is 15.9 Å². The third-order valence-corrected chi connectivity index (χ3v) is 3.23. The van der Waals surface area contributed by atoms with Crippen molar-refractivity contribution in [2.24, 2.45) is 0 Å². The van der Waals surface area contributed by atoms with Crippen molar-refractivity contribution in [2.75, 3.05) is 32.1 Å². The average Bonchev–Trinajstić information content (AvgIpc) is 2.23. The Morgan fingerprint density at radius 3 is 2.82 bits per heavy atom. The second kappa shape index (κ2) is 6.74. The predicted octanol–water partition coefficient (Wildman–Crippen LogP) is 1.62. The van der Waals surface area contributed by atoms with Gasteiger partial charge in [0, 0.05) is 16.7 Å². The van der Waals surface area contributed by atoms with E-state index in [-0.39, 0.29) is 19.1 Å². The zero-order valence-electron chi connectivity index (χ0n) is 10.0. The number of nitrogens with one attached hydrogen (secondary N) is 1. The zero-order chi connectivity index (χ0) is 12.8. The normalized spacial score (nSPS) is 10.6. The van der Waals surface area contributed by atoms with E-state index in [0.717, 1.165) is 15.7 Å². The number of amides is 1. The van der Waals surface area contributed by atoms with Crippen LogP contribution in [0.15, 0.2) is 22.7 Å². The number of carbonyl (C=O) groups is 1. The molecule has 0 spiro atoms. The third-order valence-electron chi connectivity index (χ3n) is 2.34. The van der Waals surface area contributed by atoms with Crippen LogP contribution in [0.1, 0.15) is 5.56 Å². The molecule has 94 valence electrons. The maximum Gasteiger partial charge on any atom is 0.238 e. The highest BCUT2D eigenvalue weighted by molar-refractivity contribution is 9.10. The maximum absolute atomic E-state index is 11.6. The Bertz CT molecular complexity index is 396. The number of rotatable bonds is 5. The minimum Gasteiger partial charge on any atom is -0.395 e. The molecule has 17 heavy (non-hydrogen) atoms. The topological polar surface area (TPSA) is 52.6 Å². The first-order chi connectivity index (χ1) is 8.02. The summed E-state index contributed by atoms with van der Waals surface area (Å²) in [6, 6.07) is 5.66. The van der Waals surface area contributed by atoms with Gasteiger partial charge in [0.05, 0.1) is 13.2 Å². The lowest BCUT2D eigenvalue weighted by atomic mass is 10.2. The lowest BCUT2D eigenvalue weighted by Crippen LogP contribution is -2.32. The molecule has 0 unspecified atom stereocenters. The molecule has 1 amide bonds. The number of halogens is 1. The standard InChI is InChI=1S/C12H17BrN2O2/c1-9-7-10(3-4-11(9)13)14-12(17)8-15(2)5-6-16/h3-4,7,16H,5-6,8H2,1-2H3,(H,14,17). The monoisotopic (exact) mass is 300 g/mol. The average molecular weight is 301 g/mol. The molecule has 0 fully saturated rings. The quantitative estimate of drug-likeness (QED) is 0.869. The Morgan fingerprint density at radius 1 is 1.53 bits per heavy atom. The van der Waals surface area contributed by atoms with E-state index in [1.54, 1.807) is 11.9 Å². The van der Waals surface area contributed by atoms with E-state index < -0.39 is 0 Å². The second-order valence-corrected chi connectivity index (χ2v) is 4.83. The Hall–Kier alpha value is -0.910. The fourth-order valence-electron chi connectivity index (χ4n) is 1.42. The van der Waals surface area contributed by atoms with Crippen LogP contribution in [0.5, 0.6) is 0 Å². The van der Waals surface area contributed by atoms with E-state index >= 15 is 0 Å². The third kappa shape index (κ3) is 4.85. The summed E-state index contributed by atoms with van der Waals surface area (Å²) in [5.74, 6) is -0.0809. The Morgan fingerprint density at radius 2 is 2.24 bits per heavy atom. The predicted molar refractivity (Wildman–Crippen MR) is 72.1 cm³/mol. The number of aliphatic hydroxyl groups excluding tert-OH is 1. The lowest BCUT2D eigenvalue weighted by Gasteiger charge is -2.14. The highest BCUT2D eigenvalue weighted by Gasteiger charge is 2.06. The Labute approximate surface area is 110 Å². The molecule has 2 N–H and O–H groups in total. The summed E-state index contributed by atoms with van der Waals surface area (Å²) in [7, 11) is 1.79. The van der Waals surface area contributed by atoms with E-state index in [1.165, 1.54) is 0 Å². The second-order valence-electron chi connectivity index (χ2n) is 3.97. The smallest absolute Gasteiger partial charge is 0.238 e. The first kappa shape index (κ1) is 14.2. The SMILES string of the molecule is Cc1cc(NC(=O)CN(C)CCO)ccc1Br. The summed E-state index contributed by atoms with van der Waals surface area (Å²) in [5.41, 5.74) is 1.86. The molecular weight excluding hydrogens is 284 g/mol. The molecule has 0 atom stereocenters. The number of hydrogen-bond donors (Lipinski definition) is 2. The Kier molecular flexibility index (Phi) is 5.61. The van der Waals surface area contributed by atoms with Gasteiger partial charge < -0.3 is 10.4 Å². The molecule has 0 aliphatic heterocycles. The van der Waals surface area contributed by atoms with Crippen molar-refractivity contribution in [2.45, 2.75) is 6.92 Å². The van der Waals surface area contributed by atoms with Gasteiger partial charge >= 0.3 is 0 Å². The maximum atomic E-state index is 11.6. The van der Waals surface area contributed by atoms with Gasteiger partial charge in [-0.15, -0.1) is 0 Å². The van der Waals surface area contributed by atoms with Crippen LogP contribution in [0, 0.1) is 6.92 Å². The van der Waals surface area contributed by atoms with Gasteiger partial charge in [0.1, 0.15) is 0 Å². The van der Waals surface area contributed by atoms with Crippen LogP contribution in [0.3, 0.4) is 0 Å². The molecule has 0 radical (unpaired) electrons. The molecule has 0 bridgehead atoms. The van der Waals surface area contributed by atoms with Crippen molar-refractivity contribution in [3.63, 3.8) is 0 Å². The van der Waals surface area contributed by atoms with Gasteiger partial charge in [-0.2, -0.15) is 0 Å². The summed E-state index contributed by atoms with van der Waals surface area (Å²) < 4.78 is 1.02. The molecule has 5 heteroatoms. The van der Waals surface area contributed by atoms with Crippen molar-refractivity contribution in [3.8, 4) is 0 Å². The molecule has 0 aliphatic carbocycles. The molecule has 0 heterocycles. The number of nitrogens with zero attached hydrogens (tertiary/aromatic N) is 1. The van der Waals surface area contributed by atoms with Crippen molar-refractivity contribution >= 4 is 27.5 Å². The highest BCUT2D eigenvalue weighted by Crippen LogP contribution is 2.19. The van der Waals surface area contributed by atoms with Crippen molar-refractivity contribution in [3.05, 3.63) is 28.2 Å². The van der Waals surface area contributed by atoms with Gasteiger partial charge in [0.15, 0.2) is 0 Å². The van der Waals surface area contributed by atoms with Crippen molar-refractivity contribution in [1.29, 1.82) is 0 Å². The summed E-state index contributed by atoms with van der Waals surface area (Å²) in [6.45, 7) is 2.79. The molecule has 0 saturated carbocycles. The molecule has 1 rings (SSSR count). The highest BCUT2D eigenvalue weighted by atomic mass is 79.9. The van der Waals surface area contributed by atoms with Gasteiger partial charge in [0.2, 0.25) is 5.91 Å². The van der Waals surface area contributed by atoms with E-state index in [4.69, 9.17) is 5.11 Å². The minimum atomic E-state index is -0.0809. The summed E-state index contributed by atoms with van der Waals surface area (Å²) in [4.78, 5) is 13.4. The van der Waals surface area contributed by atoms with Crippen molar-refractivity contribution < 1.29 is 9.90 Å². The van der Waals surface area contributed by atoms with Crippen LogP contribution in [0.2, 0.25) is 0 Å². The number of likely N-dealkylation sites (N-methyl/N-ethyl adjacent to an activating group) is 1. The first-order valence-electron chi connectivity index (χ1n) is 5.38. The van der Waals surface area contributed by atoms with Crippen LogP contribution in [-0.2, 0) is 4.79 Å². The number of hydrogen-bond acceptors (Lipinski definition) is 3. The van der Waals surface area contributed by atoms with Crippen LogP contribution in [0.25, 0.3) is 0 Å². The van der Waals surface area contributed by atoms with E-state index in [1.807, 2.05) is 25.1 Å². The van der Waals surface area contributed by atoms with E-state index in [0.29, 0.717) is 6.54 Å².